The summed E-state index contributed by atoms with van der Waals surface area (Å²) in [5.74, 6) is 0.792. The van der Waals surface area contributed by atoms with E-state index in [0.717, 1.165) is 25.2 Å². The van der Waals surface area contributed by atoms with Gasteiger partial charge in [0.15, 0.2) is 0 Å². The molecule has 15 heavy (non-hydrogen) atoms. The van der Waals surface area contributed by atoms with E-state index >= 15 is 0 Å². The van der Waals surface area contributed by atoms with Gasteiger partial charge in [-0.15, -0.1) is 0 Å². The number of nitrogens with zero attached hydrogens (tertiary/aromatic N) is 1. The van der Waals surface area contributed by atoms with Crippen molar-refractivity contribution < 1.29 is 4.74 Å². The van der Waals surface area contributed by atoms with Gasteiger partial charge in [0.2, 0.25) is 0 Å². The molecule has 2 fully saturated rings. The summed E-state index contributed by atoms with van der Waals surface area (Å²) in [4.78, 5) is 2.67. The summed E-state index contributed by atoms with van der Waals surface area (Å²) in [7, 11) is 0. The summed E-state index contributed by atoms with van der Waals surface area (Å²) in [6.45, 7) is 9.10. The Morgan fingerprint density at radius 1 is 1.27 bits per heavy atom. The lowest BCUT2D eigenvalue weighted by atomic mass is 10.0. The van der Waals surface area contributed by atoms with E-state index in [0.29, 0.717) is 0 Å². The SMILES string of the molecule is CCN(CC1CCOC1)C1CCNCC1. The van der Waals surface area contributed by atoms with Gasteiger partial charge in [-0.2, -0.15) is 0 Å². The Morgan fingerprint density at radius 2 is 2.07 bits per heavy atom. The van der Waals surface area contributed by atoms with Crippen LogP contribution in [0, 0.1) is 5.92 Å². The Balaban J connectivity index is 1.79. The van der Waals surface area contributed by atoms with Gasteiger partial charge in [0.25, 0.3) is 0 Å². The maximum absolute atomic E-state index is 5.45. The van der Waals surface area contributed by atoms with Crippen molar-refractivity contribution >= 4 is 0 Å². The van der Waals surface area contributed by atoms with Crippen LogP contribution in [0.1, 0.15) is 26.2 Å². The molecule has 3 heteroatoms. The third-order valence-corrected chi connectivity index (χ3v) is 3.75. The minimum absolute atomic E-state index is 0.792. The molecule has 1 unspecified atom stereocenters. The van der Waals surface area contributed by atoms with E-state index in [-0.39, 0.29) is 0 Å². The van der Waals surface area contributed by atoms with Gasteiger partial charge in [-0.1, -0.05) is 6.92 Å². The molecule has 3 nitrogen and oxygen atoms in total. The normalized spacial score (nSPS) is 28.8. The highest BCUT2D eigenvalue weighted by Crippen LogP contribution is 2.18. The maximum Gasteiger partial charge on any atom is 0.0507 e. The molecule has 0 aliphatic carbocycles. The van der Waals surface area contributed by atoms with Gasteiger partial charge in [0.1, 0.15) is 0 Å². The molecule has 2 aliphatic heterocycles. The van der Waals surface area contributed by atoms with E-state index in [1.165, 1.54) is 45.4 Å². The number of piperidine rings is 1. The van der Waals surface area contributed by atoms with E-state index in [4.69, 9.17) is 4.74 Å². The zero-order chi connectivity index (χ0) is 10.5. The first-order valence-corrected chi connectivity index (χ1v) is 6.42. The van der Waals surface area contributed by atoms with E-state index in [1.54, 1.807) is 0 Å². The Bertz CT molecular complexity index is 174. The Kier molecular flexibility index (Phi) is 4.42. The van der Waals surface area contributed by atoms with E-state index < -0.39 is 0 Å². The Labute approximate surface area is 93.2 Å². The Hall–Kier alpha value is -0.120. The number of hydrogen-bond donors (Lipinski definition) is 1. The van der Waals surface area contributed by atoms with Gasteiger partial charge in [0.05, 0.1) is 6.61 Å². The van der Waals surface area contributed by atoms with Crippen LogP contribution in [0.15, 0.2) is 0 Å². The topological polar surface area (TPSA) is 24.5 Å². The second kappa shape index (κ2) is 5.83. The first-order chi connectivity index (χ1) is 7.40. The molecule has 0 saturated carbocycles. The van der Waals surface area contributed by atoms with Gasteiger partial charge >= 0.3 is 0 Å². The molecule has 1 atom stereocenters. The second-order valence-electron chi connectivity index (χ2n) is 4.80. The van der Waals surface area contributed by atoms with E-state index in [1.807, 2.05) is 0 Å². The lowest BCUT2D eigenvalue weighted by Gasteiger charge is -2.35. The summed E-state index contributed by atoms with van der Waals surface area (Å²) < 4.78 is 5.45. The van der Waals surface area contributed by atoms with Gasteiger partial charge in [-0.25, -0.2) is 0 Å². The van der Waals surface area contributed by atoms with Gasteiger partial charge in [-0.3, -0.25) is 0 Å². The number of rotatable bonds is 4. The van der Waals surface area contributed by atoms with Crippen molar-refractivity contribution in [2.24, 2.45) is 5.92 Å². The van der Waals surface area contributed by atoms with Crippen LogP contribution in [0.2, 0.25) is 0 Å². The summed E-state index contributed by atoms with van der Waals surface area (Å²) in [6, 6.07) is 0.817. The molecule has 2 rings (SSSR count). The highest BCUT2D eigenvalue weighted by Gasteiger charge is 2.24. The number of hydrogen-bond acceptors (Lipinski definition) is 3. The maximum atomic E-state index is 5.45. The average Bonchev–Trinajstić information content (AvgIpc) is 2.80. The van der Waals surface area contributed by atoms with Crippen molar-refractivity contribution in [1.82, 2.24) is 10.2 Å². The van der Waals surface area contributed by atoms with E-state index in [9.17, 15) is 0 Å². The summed E-state index contributed by atoms with van der Waals surface area (Å²) in [5, 5.41) is 3.44. The predicted molar refractivity (Wildman–Crippen MR) is 62.1 cm³/mol. The van der Waals surface area contributed by atoms with Crippen LogP contribution in [0.25, 0.3) is 0 Å². The molecule has 0 aromatic carbocycles. The molecule has 0 bridgehead atoms. The van der Waals surface area contributed by atoms with Crippen molar-refractivity contribution in [2.75, 3.05) is 39.4 Å². The lowest BCUT2D eigenvalue weighted by Crippen LogP contribution is -2.45. The third-order valence-electron chi connectivity index (χ3n) is 3.75. The molecule has 0 radical (unpaired) electrons. The fourth-order valence-electron chi connectivity index (χ4n) is 2.77. The molecule has 88 valence electrons. The van der Waals surface area contributed by atoms with Crippen molar-refractivity contribution in [2.45, 2.75) is 32.2 Å². The molecule has 2 saturated heterocycles. The van der Waals surface area contributed by atoms with Crippen molar-refractivity contribution in [1.29, 1.82) is 0 Å². The smallest absolute Gasteiger partial charge is 0.0507 e. The minimum atomic E-state index is 0.792. The fourth-order valence-corrected chi connectivity index (χ4v) is 2.77. The van der Waals surface area contributed by atoms with E-state index in [2.05, 4.69) is 17.1 Å². The monoisotopic (exact) mass is 212 g/mol. The van der Waals surface area contributed by atoms with Crippen molar-refractivity contribution in [3.05, 3.63) is 0 Å². The number of ether oxygens (including phenoxy) is 1. The summed E-state index contributed by atoms with van der Waals surface area (Å²) in [6.07, 6.45) is 3.91. The quantitative estimate of drug-likeness (QED) is 0.755. The van der Waals surface area contributed by atoms with Gasteiger partial charge in [-0.05, 0) is 44.8 Å². The first kappa shape index (κ1) is 11.4. The summed E-state index contributed by atoms with van der Waals surface area (Å²) in [5.41, 5.74) is 0. The lowest BCUT2D eigenvalue weighted by molar-refractivity contribution is 0.130. The fraction of sp³-hybridized carbons (Fsp3) is 1.00. The molecule has 0 aromatic rings. The minimum Gasteiger partial charge on any atom is -0.381 e. The zero-order valence-corrected chi connectivity index (χ0v) is 9.87. The third kappa shape index (κ3) is 3.16. The highest BCUT2D eigenvalue weighted by molar-refractivity contribution is 4.79. The van der Waals surface area contributed by atoms with Crippen LogP contribution in [0.3, 0.4) is 0 Å². The van der Waals surface area contributed by atoms with Gasteiger partial charge < -0.3 is 15.0 Å². The number of nitrogens with one attached hydrogen (secondary N) is 1. The largest absolute Gasteiger partial charge is 0.381 e. The molecule has 0 aromatic heterocycles. The van der Waals surface area contributed by atoms with Crippen LogP contribution >= 0.6 is 0 Å². The predicted octanol–water partition coefficient (Wildman–Crippen LogP) is 1.10. The van der Waals surface area contributed by atoms with Crippen LogP contribution in [0.4, 0.5) is 0 Å². The summed E-state index contributed by atoms with van der Waals surface area (Å²) >= 11 is 0. The first-order valence-electron chi connectivity index (χ1n) is 6.42. The molecular formula is C12H24N2O. The molecule has 2 aliphatic rings. The average molecular weight is 212 g/mol. The van der Waals surface area contributed by atoms with Crippen LogP contribution in [-0.4, -0.2) is 50.3 Å². The van der Waals surface area contributed by atoms with Crippen LogP contribution in [0.5, 0.6) is 0 Å². The van der Waals surface area contributed by atoms with Crippen molar-refractivity contribution in [3.63, 3.8) is 0 Å². The Morgan fingerprint density at radius 3 is 2.67 bits per heavy atom. The molecule has 0 spiro atoms. The van der Waals surface area contributed by atoms with Gasteiger partial charge in [0, 0.05) is 19.2 Å². The second-order valence-corrected chi connectivity index (χ2v) is 4.80. The molecule has 1 N–H and O–H groups in total. The standard InChI is InChI=1S/C12H24N2O/c1-2-14(9-11-5-8-15-10-11)12-3-6-13-7-4-12/h11-13H,2-10H2,1H3. The molecule has 2 heterocycles. The van der Waals surface area contributed by atoms with Crippen molar-refractivity contribution in [3.8, 4) is 0 Å². The van der Waals surface area contributed by atoms with Crippen LogP contribution < -0.4 is 5.32 Å². The highest BCUT2D eigenvalue weighted by atomic mass is 16.5. The zero-order valence-electron chi connectivity index (χ0n) is 9.87. The molecule has 0 amide bonds. The van der Waals surface area contributed by atoms with Crippen LogP contribution in [-0.2, 0) is 4.74 Å². The molecular weight excluding hydrogens is 188 g/mol.